The van der Waals surface area contributed by atoms with Crippen LogP contribution in [-0.2, 0) is 9.47 Å². The molecule has 0 saturated heterocycles. The van der Waals surface area contributed by atoms with E-state index in [2.05, 4.69) is 0 Å². The summed E-state index contributed by atoms with van der Waals surface area (Å²) in [4.78, 5) is 10.9. The molecule has 1 aromatic rings. The van der Waals surface area contributed by atoms with Crippen LogP contribution in [0.4, 0.5) is 0 Å². The molecule has 0 atom stereocenters. The zero-order valence-electron chi connectivity index (χ0n) is 11.4. The van der Waals surface area contributed by atoms with Gasteiger partial charge in [-0.3, -0.25) is 4.79 Å². The minimum Gasteiger partial charge on any atom is -0.493 e. The summed E-state index contributed by atoms with van der Waals surface area (Å²) in [6.45, 7) is 2.14. The van der Waals surface area contributed by atoms with E-state index in [4.69, 9.17) is 18.9 Å². The van der Waals surface area contributed by atoms with Gasteiger partial charge in [-0.2, -0.15) is 0 Å². The van der Waals surface area contributed by atoms with Gasteiger partial charge >= 0.3 is 0 Å². The fourth-order valence-corrected chi connectivity index (χ4v) is 1.55. The Bertz CT molecular complexity index is 378. The Morgan fingerprint density at radius 1 is 1.11 bits per heavy atom. The topological polar surface area (TPSA) is 54.0 Å². The maximum Gasteiger partial charge on any atom is 0.171 e. The molecule has 0 fully saturated rings. The highest BCUT2D eigenvalue weighted by molar-refractivity contribution is 5.81. The van der Waals surface area contributed by atoms with Gasteiger partial charge in [0, 0.05) is 20.3 Å². The molecule has 5 heteroatoms. The van der Waals surface area contributed by atoms with Crippen LogP contribution in [0.5, 0.6) is 11.5 Å². The van der Waals surface area contributed by atoms with Gasteiger partial charge in [-0.15, -0.1) is 0 Å². The molecule has 106 valence electrons. The van der Waals surface area contributed by atoms with Gasteiger partial charge < -0.3 is 18.9 Å². The standard InChI is InChI=1S/C14H20O5/c1-16-7-4-8-18-9-10-19-14-12(11-15)5-3-6-13(14)17-2/h3,5-6,11H,4,7-10H2,1-2H3. The van der Waals surface area contributed by atoms with Crippen LogP contribution in [0.25, 0.3) is 0 Å². The molecule has 0 aliphatic heterocycles. The first-order valence-corrected chi connectivity index (χ1v) is 6.15. The number of hydrogen-bond donors (Lipinski definition) is 0. The molecule has 19 heavy (non-hydrogen) atoms. The molecule has 0 bridgehead atoms. The lowest BCUT2D eigenvalue weighted by atomic mass is 10.2. The molecule has 0 N–H and O–H groups in total. The van der Waals surface area contributed by atoms with Crippen molar-refractivity contribution in [1.82, 2.24) is 0 Å². The fraction of sp³-hybridized carbons (Fsp3) is 0.500. The molecular weight excluding hydrogens is 248 g/mol. The first-order chi connectivity index (χ1) is 9.33. The maximum absolute atomic E-state index is 10.9. The van der Waals surface area contributed by atoms with E-state index in [1.165, 1.54) is 7.11 Å². The third-order valence-electron chi connectivity index (χ3n) is 2.47. The molecule has 5 nitrogen and oxygen atoms in total. The van der Waals surface area contributed by atoms with Gasteiger partial charge in [0.2, 0.25) is 0 Å². The highest BCUT2D eigenvalue weighted by Gasteiger charge is 2.09. The quantitative estimate of drug-likeness (QED) is 0.479. The number of carbonyl (C=O) groups is 1. The summed E-state index contributed by atoms with van der Waals surface area (Å²) in [5.74, 6) is 1.00. The number of methoxy groups -OCH3 is 2. The van der Waals surface area contributed by atoms with Crippen molar-refractivity contribution in [3.05, 3.63) is 23.8 Å². The third-order valence-corrected chi connectivity index (χ3v) is 2.47. The van der Waals surface area contributed by atoms with E-state index in [9.17, 15) is 4.79 Å². The highest BCUT2D eigenvalue weighted by Crippen LogP contribution is 2.29. The summed E-state index contributed by atoms with van der Waals surface area (Å²) in [6, 6.07) is 5.18. The molecule has 0 amide bonds. The summed E-state index contributed by atoms with van der Waals surface area (Å²) < 4.78 is 21.0. The van der Waals surface area contributed by atoms with Gasteiger partial charge in [-0.1, -0.05) is 6.07 Å². The van der Waals surface area contributed by atoms with Crippen LogP contribution in [0.1, 0.15) is 16.8 Å². The maximum atomic E-state index is 10.9. The van der Waals surface area contributed by atoms with Crippen LogP contribution in [0.3, 0.4) is 0 Å². The number of ether oxygens (including phenoxy) is 4. The zero-order valence-corrected chi connectivity index (χ0v) is 11.4. The van der Waals surface area contributed by atoms with Crippen LogP contribution in [-0.4, -0.2) is 46.9 Å². The Morgan fingerprint density at radius 2 is 1.95 bits per heavy atom. The molecule has 0 unspecified atom stereocenters. The van der Waals surface area contributed by atoms with Crippen molar-refractivity contribution >= 4 is 6.29 Å². The largest absolute Gasteiger partial charge is 0.493 e. The number of rotatable bonds is 10. The predicted molar refractivity (Wildman–Crippen MR) is 71.2 cm³/mol. The van der Waals surface area contributed by atoms with E-state index in [0.29, 0.717) is 43.5 Å². The second-order valence-corrected chi connectivity index (χ2v) is 3.80. The van der Waals surface area contributed by atoms with Crippen LogP contribution >= 0.6 is 0 Å². The lowest BCUT2D eigenvalue weighted by Gasteiger charge is -2.12. The van der Waals surface area contributed by atoms with E-state index >= 15 is 0 Å². The molecule has 0 aromatic heterocycles. The van der Waals surface area contributed by atoms with Gasteiger partial charge in [0.15, 0.2) is 17.8 Å². The van der Waals surface area contributed by atoms with Crippen molar-refractivity contribution in [2.24, 2.45) is 0 Å². The van der Waals surface area contributed by atoms with Gasteiger partial charge in [0.1, 0.15) is 6.61 Å². The van der Waals surface area contributed by atoms with E-state index in [1.807, 2.05) is 0 Å². The van der Waals surface area contributed by atoms with Crippen LogP contribution in [0, 0.1) is 0 Å². The predicted octanol–water partition coefficient (Wildman–Crippen LogP) is 1.94. The Kier molecular flexibility index (Phi) is 7.62. The smallest absolute Gasteiger partial charge is 0.171 e. The first-order valence-electron chi connectivity index (χ1n) is 6.15. The average molecular weight is 268 g/mol. The van der Waals surface area contributed by atoms with Crippen LogP contribution < -0.4 is 9.47 Å². The van der Waals surface area contributed by atoms with E-state index in [0.717, 1.165) is 12.7 Å². The molecule has 0 heterocycles. The lowest BCUT2D eigenvalue weighted by molar-refractivity contribution is 0.0795. The van der Waals surface area contributed by atoms with Gasteiger partial charge in [-0.25, -0.2) is 0 Å². The third kappa shape index (κ3) is 5.28. The van der Waals surface area contributed by atoms with Gasteiger partial charge in [-0.05, 0) is 18.6 Å². The minimum absolute atomic E-state index is 0.369. The summed E-state index contributed by atoms with van der Waals surface area (Å²) in [5.41, 5.74) is 0.471. The molecule has 0 spiro atoms. The molecule has 0 saturated carbocycles. The summed E-state index contributed by atoms with van der Waals surface area (Å²) >= 11 is 0. The van der Waals surface area contributed by atoms with Crippen LogP contribution in [0.2, 0.25) is 0 Å². The zero-order chi connectivity index (χ0) is 13.9. The Hall–Kier alpha value is -1.59. The number of hydrogen-bond acceptors (Lipinski definition) is 5. The van der Waals surface area contributed by atoms with Crippen molar-refractivity contribution < 1.29 is 23.7 Å². The number of benzene rings is 1. The first kappa shape index (κ1) is 15.5. The number of carbonyl (C=O) groups excluding carboxylic acids is 1. The number of para-hydroxylation sites is 1. The second kappa shape index (κ2) is 9.35. The summed E-state index contributed by atoms with van der Waals surface area (Å²) in [6.07, 6.45) is 1.60. The van der Waals surface area contributed by atoms with Crippen molar-refractivity contribution in [2.75, 3.05) is 40.6 Å². The number of aldehydes is 1. The molecule has 1 aromatic carbocycles. The SMILES string of the molecule is COCCCOCCOc1c(C=O)cccc1OC. The fourth-order valence-electron chi connectivity index (χ4n) is 1.55. The van der Waals surface area contributed by atoms with Crippen molar-refractivity contribution in [1.29, 1.82) is 0 Å². The normalized spacial score (nSPS) is 10.2. The van der Waals surface area contributed by atoms with Crippen molar-refractivity contribution in [2.45, 2.75) is 6.42 Å². The summed E-state index contributed by atoms with van der Waals surface area (Å²) in [5, 5.41) is 0. The minimum atomic E-state index is 0.369. The van der Waals surface area contributed by atoms with Gasteiger partial charge in [0.25, 0.3) is 0 Å². The van der Waals surface area contributed by atoms with E-state index < -0.39 is 0 Å². The Morgan fingerprint density at radius 3 is 2.63 bits per heavy atom. The monoisotopic (exact) mass is 268 g/mol. The molecule has 1 rings (SSSR count). The average Bonchev–Trinajstić information content (AvgIpc) is 2.46. The van der Waals surface area contributed by atoms with Crippen LogP contribution in [0.15, 0.2) is 18.2 Å². The lowest BCUT2D eigenvalue weighted by Crippen LogP contribution is -2.10. The Balaban J connectivity index is 2.38. The van der Waals surface area contributed by atoms with E-state index in [1.54, 1.807) is 25.3 Å². The van der Waals surface area contributed by atoms with Gasteiger partial charge in [0.05, 0.1) is 19.3 Å². The van der Waals surface area contributed by atoms with Crippen molar-refractivity contribution in [3.8, 4) is 11.5 Å². The van der Waals surface area contributed by atoms with Crippen molar-refractivity contribution in [3.63, 3.8) is 0 Å². The molecule has 0 radical (unpaired) electrons. The van der Waals surface area contributed by atoms with E-state index in [-0.39, 0.29) is 0 Å². The summed E-state index contributed by atoms with van der Waals surface area (Å²) in [7, 11) is 3.20. The molecule has 0 aliphatic rings. The Labute approximate surface area is 113 Å². The second-order valence-electron chi connectivity index (χ2n) is 3.80. The molecular formula is C14H20O5. The highest BCUT2D eigenvalue weighted by atomic mass is 16.5. The molecule has 0 aliphatic carbocycles.